The van der Waals surface area contributed by atoms with Crippen LogP contribution in [0, 0.1) is 11.8 Å². The van der Waals surface area contributed by atoms with Crippen LogP contribution in [0.1, 0.15) is 154 Å². The zero-order chi connectivity index (χ0) is 70.5. The Kier molecular flexibility index (Phi) is 32.2. The van der Waals surface area contributed by atoms with Crippen molar-refractivity contribution in [1.82, 2.24) is 20.4 Å². The van der Waals surface area contributed by atoms with Gasteiger partial charge in [0.15, 0.2) is 11.6 Å². The summed E-state index contributed by atoms with van der Waals surface area (Å²) < 4.78 is 9.36. The molecule has 0 unspecified atom stereocenters. The Morgan fingerprint density at radius 1 is 0.453 bits per heavy atom. The van der Waals surface area contributed by atoms with Crippen LogP contribution in [0.4, 0.5) is 9.59 Å². The number of likely N-dealkylation sites (N-methyl/N-ethyl adjacent to an activating group) is 2. The van der Waals surface area contributed by atoms with E-state index < -0.39 is 74.9 Å². The van der Waals surface area contributed by atoms with Crippen LogP contribution in [0.5, 0.6) is 0 Å². The second kappa shape index (κ2) is 38.5. The van der Waals surface area contributed by atoms with E-state index in [1.807, 2.05) is 130 Å². The maximum atomic E-state index is 14.1. The molecule has 95 heavy (non-hydrogen) atoms. The number of nitrogens with two attached hydrogens (primary N) is 1. The van der Waals surface area contributed by atoms with Crippen LogP contribution in [0.25, 0.3) is 0 Å². The molecule has 0 spiro atoms. The number of nitrogens with one attached hydrogen (secondary N) is 2. The smallest absolute Gasteiger partial charge is 0.410 e. The lowest BCUT2D eigenvalue weighted by Crippen LogP contribution is -2.47. The molecule has 0 aliphatic carbocycles. The van der Waals surface area contributed by atoms with Crippen molar-refractivity contribution in [3.8, 4) is 0 Å². The van der Waals surface area contributed by atoms with Crippen LogP contribution in [0.2, 0.25) is 0 Å². The van der Waals surface area contributed by atoms with Crippen molar-refractivity contribution >= 4 is 70.8 Å². The van der Waals surface area contributed by atoms with Gasteiger partial charge in [0.1, 0.15) is 23.0 Å². The number of benzene rings is 6. The minimum Gasteiger partial charge on any atom is -0.480 e. The number of hydrogen-bond donors (Lipinski definition) is 4. The first-order chi connectivity index (χ1) is 45.1. The second-order valence-corrected chi connectivity index (χ2v) is 27.7. The number of thioether (sulfide) groups is 2. The van der Waals surface area contributed by atoms with E-state index in [-0.39, 0.29) is 47.8 Å². The minimum absolute atomic E-state index is 0.0538. The molecule has 0 saturated carbocycles. The van der Waals surface area contributed by atoms with Gasteiger partial charge in [0.2, 0.25) is 11.8 Å². The summed E-state index contributed by atoms with van der Waals surface area (Å²) >= 11 is 3.28. The van der Waals surface area contributed by atoms with Crippen LogP contribution in [0.15, 0.2) is 182 Å². The van der Waals surface area contributed by atoms with Crippen LogP contribution >= 0.6 is 23.5 Å². The number of hydrogen-bond acceptors (Lipinski definition) is 13. The summed E-state index contributed by atoms with van der Waals surface area (Å²) in [4.78, 5) is 104. The normalized spacial score (nSPS) is 13.4. The van der Waals surface area contributed by atoms with Gasteiger partial charge in [-0.05, 0) is 101 Å². The number of aliphatic carboxylic acids is 1. The molecule has 0 aliphatic heterocycles. The largest absolute Gasteiger partial charge is 0.480 e. The molecule has 6 atom stereocenters. The number of rotatable bonds is 30. The van der Waals surface area contributed by atoms with Gasteiger partial charge < -0.3 is 35.8 Å². The summed E-state index contributed by atoms with van der Waals surface area (Å²) in [5.74, 6) is -2.37. The highest BCUT2D eigenvalue weighted by Crippen LogP contribution is 2.51. The van der Waals surface area contributed by atoms with Crippen molar-refractivity contribution in [2.75, 3.05) is 32.6 Å². The Balaban J connectivity index is 0.000000345. The number of carbonyl (C=O) groups is 8. The van der Waals surface area contributed by atoms with E-state index in [2.05, 4.69) is 83.4 Å². The van der Waals surface area contributed by atoms with E-state index in [9.17, 15) is 38.4 Å². The minimum atomic E-state index is -1.02. The highest BCUT2D eigenvalue weighted by atomic mass is 32.2. The maximum Gasteiger partial charge on any atom is 0.410 e. The molecule has 0 aliphatic rings. The molecular formula is C77H101N5O11S2. The molecule has 0 radical (unpaired) electrons. The number of carboxylic acids is 1. The monoisotopic (exact) mass is 1340 g/mol. The molecule has 0 fully saturated rings. The third-order valence-electron chi connectivity index (χ3n) is 16.0. The first-order valence-corrected chi connectivity index (χ1v) is 34.7. The Bertz CT molecular complexity index is 3160. The van der Waals surface area contributed by atoms with Gasteiger partial charge in [0, 0.05) is 51.9 Å². The maximum absolute atomic E-state index is 14.1. The Morgan fingerprint density at radius 3 is 1.02 bits per heavy atom. The fraction of sp³-hybridized carbons (Fsp3) is 0.429. The Hall–Kier alpha value is -8.06. The lowest BCUT2D eigenvalue weighted by atomic mass is 9.84. The van der Waals surface area contributed by atoms with Crippen molar-refractivity contribution in [2.45, 2.75) is 166 Å². The van der Waals surface area contributed by atoms with E-state index in [4.69, 9.17) is 20.3 Å². The summed E-state index contributed by atoms with van der Waals surface area (Å²) in [7, 11) is 4.60. The fourth-order valence-corrected chi connectivity index (χ4v) is 14.1. The standard InChI is InChI=1S/C39H50N2O5S.C28H32N2O2S.C10H19NO4/c1-8-32(34(42)10-3)40-36(44)28(26-35(43)33(9-2)41(7)37(45)46-38(4,5)6)27-47-39(29-20-14-11-15-21-29,30-22-16-12-17-23-30)31-24-18-13-19-25-31;1-3-25(29)26(31)19-21(27(32)30-2)20-33-28(22-13-7-4-8-14-22,23-15-9-5-10-16-23)24-17-11-6-12-18-24;1-6-7(8(12)13)11(5)9(14)15-10(2,3)4/h11-25,28,32-33H,8-10,26-27H2,1-7H3,(H,40,44);4-18,21,25H,3,19-20,29H2,1-2H3,(H,30,32);7H,6H2,1-5H3,(H,12,13)/t28-,32-,33-;21-,25-;7-/m000/s1. The van der Waals surface area contributed by atoms with Gasteiger partial charge in [-0.1, -0.05) is 217 Å². The van der Waals surface area contributed by atoms with E-state index in [1.54, 1.807) is 93.0 Å². The van der Waals surface area contributed by atoms with Gasteiger partial charge in [0.05, 0.1) is 39.5 Å². The molecule has 0 saturated heterocycles. The van der Waals surface area contributed by atoms with Gasteiger partial charge in [0.25, 0.3) is 0 Å². The molecule has 6 aromatic rings. The average Bonchev–Trinajstić information content (AvgIpc) is 0.768. The first kappa shape index (κ1) is 79.4. The fourth-order valence-electron chi connectivity index (χ4n) is 10.8. The molecule has 6 rings (SSSR count). The quantitative estimate of drug-likeness (QED) is 0.0307. The molecule has 18 heteroatoms. The number of carboxylic acid groups (broad SMARTS) is 1. The average molecular weight is 1340 g/mol. The second-order valence-electron chi connectivity index (χ2n) is 25.2. The lowest BCUT2D eigenvalue weighted by Gasteiger charge is -2.37. The zero-order valence-electron chi connectivity index (χ0n) is 58.0. The van der Waals surface area contributed by atoms with Gasteiger partial charge in [-0.15, -0.1) is 23.5 Å². The molecule has 0 aromatic heterocycles. The third kappa shape index (κ3) is 23.1. The predicted molar refractivity (Wildman–Crippen MR) is 383 cm³/mol. The summed E-state index contributed by atoms with van der Waals surface area (Å²) in [5.41, 5.74) is 11.1. The van der Waals surface area contributed by atoms with Crippen molar-refractivity contribution < 1.29 is 52.9 Å². The molecule has 4 amide bonds. The summed E-state index contributed by atoms with van der Waals surface area (Å²) in [5, 5.41) is 14.5. The van der Waals surface area contributed by atoms with Crippen molar-refractivity contribution in [2.24, 2.45) is 17.6 Å². The van der Waals surface area contributed by atoms with Crippen LogP contribution in [0.3, 0.4) is 0 Å². The predicted octanol–water partition coefficient (Wildman–Crippen LogP) is 14.3. The summed E-state index contributed by atoms with van der Waals surface area (Å²) in [6.45, 7) is 19.6. The zero-order valence-corrected chi connectivity index (χ0v) is 59.6. The van der Waals surface area contributed by atoms with E-state index >= 15 is 0 Å². The van der Waals surface area contributed by atoms with Crippen molar-refractivity contribution in [1.29, 1.82) is 0 Å². The number of carbonyl (C=O) groups excluding carboxylic acids is 7. The highest BCUT2D eigenvalue weighted by molar-refractivity contribution is 8.00. The van der Waals surface area contributed by atoms with E-state index in [0.29, 0.717) is 37.9 Å². The SMILES string of the molecule is CCC(=O)[C@H](CC)NC(=O)[C@H](CSC(c1ccccc1)(c1ccccc1)c1ccccc1)CC(=O)[C@H](CC)N(C)C(=O)OC(C)(C)C.CC[C@@H](C(=O)O)N(C)C(=O)OC(C)(C)C.CC[C@H](N)C(=O)C[C@@H](CSC(c1ccccc1)(c1ccccc1)c1ccccc1)C(=O)NC. The van der Waals surface area contributed by atoms with Crippen molar-refractivity contribution in [3.63, 3.8) is 0 Å². The number of Topliss-reactive ketones (excluding diaryl/α,β-unsaturated/α-hetero) is 3. The van der Waals surface area contributed by atoms with Gasteiger partial charge in [-0.2, -0.15) is 0 Å². The van der Waals surface area contributed by atoms with Gasteiger partial charge in [-0.3, -0.25) is 28.9 Å². The molecule has 512 valence electrons. The topological polar surface area (TPSA) is 232 Å². The first-order valence-electron chi connectivity index (χ1n) is 32.7. The van der Waals surface area contributed by atoms with Gasteiger partial charge >= 0.3 is 18.2 Å². The van der Waals surface area contributed by atoms with E-state index in [1.165, 1.54) is 11.9 Å². The molecule has 16 nitrogen and oxygen atoms in total. The third-order valence-corrected chi connectivity index (χ3v) is 19.4. The Labute approximate surface area is 572 Å². The Morgan fingerprint density at radius 2 is 0.758 bits per heavy atom. The van der Waals surface area contributed by atoms with Crippen LogP contribution in [-0.2, 0) is 47.7 Å². The summed E-state index contributed by atoms with van der Waals surface area (Å²) in [6, 6.07) is 58.7. The molecule has 0 heterocycles. The van der Waals surface area contributed by atoms with Gasteiger partial charge in [-0.25, -0.2) is 14.4 Å². The molecule has 5 N–H and O–H groups in total. The number of amides is 4. The van der Waals surface area contributed by atoms with Crippen molar-refractivity contribution in [3.05, 3.63) is 215 Å². The number of ketones is 3. The molecule has 6 aromatic carbocycles. The van der Waals surface area contributed by atoms with Crippen LogP contribution < -0.4 is 16.4 Å². The number of ether oxygens (including phenoxy) is 2. The van der Waals surface area contributed by atoms with E-state index in [0.717, 1.165) is 38.3 Å². The van der Waals surface area contributed by atoms with Crippen LogP contribution in [-0.4, -0.2) is 130 Å². The lowest BCUT2D eigenvalue weighted by molar-refractivity contribution is -0.142. The number of nitrogens with zero attached hydrogens (tertiary/aromatic N) is 2. The molecular weight excluding hydrogens is 1240 g/mol. The summed E-state index contributed by atoms with van der Waals surface area (Å²) in [6.07, 6.45) is 0.859. The highest BCUT2D eigenvalue weighted by Gasteiger charge is 2.42. The molecule has 0 bridgehead atoms.